The van der Waals surface area contributed by atoms with Crippen LogP contribution >= 0.6 is 11.8 Å². The fourth-order valence-corrected chi connectivity index (χ4v) is 3.91. The minimum atomic E-state index is -0.267. The van der Waals surface area contributed by atoms with E-state index in [-0.39, 0.29) is 5.82 Å². The zero-order valence-corrected chi connectivity index (χ0v) is 15.6. The van der Waals surface area contributed by atoms with Crippen LogP contribution in [0.1, 0.15) is 0 Å². The van der Waals surface area contributed by atoms with E-state index in [1.165, 1.54) is 12.1 Å². The lowest BCUT2D eigenvalue weighted by atomic mass is 10.2. The normalized spacial score (nSPS) is 15.1. The minimum Gasteiger partial charge on any atom is -0.379 e. The van der Waals surface area contributed by atoms with Gasteiger partial charge in [-0.3, -0.25) is 14.5 Å². The van der Waals surface area contributed by atoms with E-state index in [9.17, 15) is 4.39 Å². The van der Waals surface area contributed by atoms with E-state index in [0.29, 0.717) is 5.82 Å². The lowest BCUT2D eigenvalue weighted by Gasteiger charge is -2.26. The molecule has 0 unspecified atom stereocenters. The molecule has 1 fully saturated rings. The van der Waals surface area contributed by atoms with Gasteiger partial charge in [0.2, 0.25) is 0 Å². The Hall–Kier alpha value is -2.29. The summed E-state index contributed by atoms with van der Waals surface area (Å²) in [5.74, 6) is 1.33. The molecule has 1 aromatic carbocycles. The lowest BCUT2D eigenvalue weighted by Crippen LogP contribution is -2.37. The maximum absolute atomic E-state index is 13.4. The van der Waals surface area contributed by atoms with Crippen molar-refractivity contribution in [2.24, 2.45) is 0 Å². The highest BCUT2D eigenvalue weighted by Crippen LogP contribution is 2.27. The first-order valence-electron chi connectivity index (χ1n) is 8.86. The molecular formula is C19H20FN5OS. The molecule has 3 aromatic rings. The van der Waals surface area contributed by atoms with Crippen molar-refractivity contribution in [2.75, 3.05) is 38.6 Å². The average Bonchev–Trinajstić information content (AvgIpc) is 3.14. The first-order valence-corrected chi connectivity index (χ1v) is 9.84. The second-order valence-electron chi connectivity index (χ2n) is 6.16. The Kier molecular flexibility index (Phi) is 5.76. The topological polar surface area (TPSA) is 56.1 Å². The number of benzene rings is 1. The summed E-state index contributed by atoms with van der Waals surface area (Å²) < 4.78 is 20.7. The van der Waals surface area contributed by atoms with Crippen molar-refractivity contribution in [2.45, 2.75) is 5.16 Å². The number of aromatic nitrogens is 4. The van der Waals surface area contributed by atoms with Crippen LogP contribution in [0.3, 0.4) is 0 Å². The van der Waals surface area contributed by atoms with E-state index in [4.69, 9.17) is 4.74 Å². The SMILES string of the molecule is Fc1ccc(-n2c(SCCN3CCOCC3)nnc2-c2cccnc2)cc1. The fourth-order valence-electron chi connectivity index (χ4n) is 2.96. The zero-order valence-electron chi connectivity index (χ0n) is 14.8. The Bertz CT molecular complexity index is 866. The van der Waals surface area contributed by atoms with Crippen LogP contribution in [0.15, 0.2) is 53.9 Å². The number of rotatable bonds is 6. The Morgan fingerprint density at radius 3 is 2.63 bits per heavy atom. The van der Waals surface area contributed by atoms with Crippen molar-refractivity contribution in [1.82, 2.24) is 24.6 Å². The molecule has 1 aliphatic heterocycles. The maximum Gasteiger partial charge on any atom is 0.196 e. The molecule has 0 saturated carbocycles. The molecule has 0 N–H and O–H groups in total. The smallest absolute Gasteiger partial charge is 0.196 e. The highest BCUT2D eigenvalue weighted by atomic mass is 32.2. The van der Waals surface area contributed by atoms with Crippen molar-refractivity contribution in [1.29, 1.82) is 0 Å². The van der Waals surface area contributed by atoms with Crippen molar-refractivity contribution < 1.29 is 9.13 Å². The quantitative estimate of drug-likeness (QED) is 0.608. The summed E-state index contributed by atoms with van der Waals surface area (Å²) in [5.41, 5.74) is 1.70. The molecule has 3 heterocycles. The molecule has 8 heteroatoms. The molecule has 2 aromatic heterocycles. The van der Waals surface area contributed by atoms with Crippen LogP contribution in [0.25, 0.3) is 17.1 Å². The molecule has 0 atom stereocenters. The van der Waals surface area contributed by atoms with Gasteiger partial charge in [-0.15, -0.1) is 10.2 Å². The van der Waals surface area contributed by atoms with Gasteiger partial charge >= 0.3 is 0 Å². The van der Waals surface area contributed by atoms with Crippen molar-refractivity contribution >= 4 is 11.8 Å². The third kappa shape index (κ3) is 4.35. The molecule has 140 valence electrons. The third-order valence-electron chi connectivity index (χ3n) is 4.38. The van der Waals surface area contributed by atoms with E-state index in [2.05, 4.69) is 20.1 Å². The minimum absolute atomic E-state index is 0.267. The van der Waals surface area contributed by atoms with Crippen LogP contribution in [-0.2, 0) is 4.74 Å². The van der Waals surface area contributed by atoms with Crippen molar-refractivity contribution in [3.8, 4) is 17.1 Å². The van der Waals surface area contributed by atoms with Gasteiger partial charge in [0.1, 0.15) is 5.82 Å². The highest BCUT2D eigenvalue weighted by molar-refractivity contribution is 7.99. The van der Waals surface area contributed by atoms with Crippen LogP contribution in [0.5, 0.6) is 0 Å². The summed E-state index contributed by atoms with van der Waals surface area (Å²) in [6, 6.07) is 10.2. The first kappa shape index (κ1) is 18.1. The van der Waals surface area contributed by atoms with E-state index in [1.807, 2.05) is 16.7 Å². The number of nitrogens with zero attached hydrogens (tertiary/aromatic N) is 5. The number of hydrogen-bond donors (Lipinski definition) is 0. The Morgan fingerprint density at radius 1 is 1.07 bits per heavy atom. The van der Waals surface area contributed by atoms with Gasteiger partial charge in [0, 0.05) is 49.0 Å². The lowest BCUT2D eigenvalue weighted by molar-refractivity contribution is 0.0410. The van der Waals surface area contributed by atoms with Gasteiger partial charge in [-0.2, -0.15) is 0 Å². The van der Waals surface area contributed by atoms with Gasteiger partial charge in [0.25, 0.3) is 0 Å². The number of ether oxygens (including phenoxy) is 1. The molecule has 0 amide bonds. The van der Waals surface area contributed by atoms with Crippen molar-refractivity contribution in [3.05, 3.63) is 54.6 Å². The van der Waals surface area contributed by atoms with Crippen LogP contribution < -0.4 is 0 Å². The Morgan fingerprint density at radius 2 is 1.89 bits per heavy atom. The molecule has 1 aliphatic rings. The van der Waals surface area contributed by atoms with Gasteiger partial charge in [0.15, 0.2) is 11.0 Å². The van der Waals surface area contributed by atoms with Gasteiger partial charge < -0.3 is 4.74 Å². The number of pyridine rings is 1. The van der Waals surface area contributed by atoms with E-state index in [0.717, 1.165) is 55.0 Å². The van der Waals surface area contributed by atoms with Gasteiger partial charge in [-0.05, 0) is 36.4 Å². The monoisotopic (exact) mass is 385 g/mol. The van der Waals surface area contributed by atoms with Gasteiger partial charge in [0.05, 0.1) is 13.2 Å². The molecule has 4 rings (SSSR count). The number of thioether (sulfide) groups is 1. The molecule has 0 spiro atoms. The molecule has 6 nitrogen and oxygen atoms in total. The molecule has 0 radical (unpaired) electrons. The molecule has 0 bridgehead atoms. The predicted molar refractivity (Wildman–Crippen MR) is 103 cm³/mol. The molecule has 27 heavy (non-hydrogen) atoms. The second kappa shape index (κ2) is 8.60. The summed E-state index contributed by atoms with van der Waals surface area (Å²) in [6.45, 7) is 4.48. The Labute approximate surface area is 161 Å². The number of morpholine rings is 1. The fraction of sp³-hybridized carbons (Fsp3) is 0.316. The van der Waals surface area contributed by atoms with Crippen LogP contribution in [0.2, 0.25) is 0 Å². The van der Waals surface area contributed by atoms with E-state index in [1.54, 1.807) is 36.3 Å². The van der Waals surface area contributed by atoms with Gasteiger partial charge in [-0.25, -0.2) is 4.39 Å². The molecule has 0 aliphatic carbocycles. The van der Waals surface area contributed by atoms with Crippen LogP contribution in [0, 0.1) is 5.82 Å². The highest BCUT2D eigenvalue weighted by Gasteiger charge is 2.17. The summed E-state index contributed by atoms with van der Waals surface area (Å²) >= 11 is 1.65. The maximum atomic E-state index is 13.4. The number of halogens is 1. The van der Waals surface area contributed by atoms with E-state index < -0.39 is 0 Å². The number of hydrogen-bond acceptors (Lipinski definition) is 6. The summed E-state index contributed by atoms with van der Waals surface area (Å²) in [6.07, 6.45) is 3.48. The summed E-state index contributed by atoms with van der Waals surface area (Å²) in [5, 5.41) is 9.55. The summed E-state index contributed by atoms with van der Waals surface area (Å²) in [7, 11) is 0. The Balaban J connectivity index is 1.59. The van der Waals surface area contributed by atoms with E-state index >= 15 is 0 Å². The standard InChI is InChI=1S/C19H20FN5OS/c20-16-3-5-17(6-4-16)25-18(15-2-1-7-21-14-15)22-23-19(25)27-13-10-24-8-11-26-12-9-24/h1-7,14H,8-13H2. The molecular weight excluding hydrogens is 365 g/mol. The second-order valence-corrected chi connectivity index (χ2v) is 7.22. The third-order valence-corrected chi connectivity index (χ3v) is 5.29. The van der Waals surface area contributed by atoms with Crippen molar-refractivity contribution in [3.63, 3.8) is 0 Å². The zero-order chi connectivity index (χ0) is 18.5. The largest absolute Gasteiger partial charge is 0.379 e. The summed E-state index contributed by atoms with van der Waals surface area (Å²) in [4.78, 5) is 6.56. The average molecular weight is 385 g/mol. The first-order chi connectivity index (χ1) is 13.3. The molecule has 1 saturated heterocycles. The van der Waals surface area contributed by atoms with Crippen LogP contribution in [0.4, 0.5) is 4.39 Å². The van der Waals surface area contributed by atoms with Gasteiger partial charge in [-0.1, -0.05) is 11.8 Å². The predicted octanol–water partition coefficient (Wildman–Crippen LogP) is 2.89. The van der Waals surface area contributed by atoms with Crippen LogP contribution in [-0.4, -0.2) is 63.2 Å².